The second-order valence-electron chi connectivity index (χ2n) is 5.44. The van der Waals surface area contributed by atoms with Crippen molar-refractivity contribution in [3.05, 3.63) is 84.4 Å². The molecule has 0 radical (unpaired) electrons. The molecular weight excluding hydrogens is 343 g/mol. The first-order chi connectivity index (χ1) is 10.7. The lowest BCUT2D eigenvalue weighted by molar-refractivity contribution is -0.688. The van der Waals surface area contributed by atoms with E-state index in [1.54, 1.807) is 0 Å². The van der Waals surface area contributed by atoms with E-state index in [0.29, 0.717) is 0 Å². The standard InChI is InChI=1S/C18H20N4.2ClH/c19-17-3-1-9-21(13-17)11-15-5-7-16(8-6-15)12-22-10-2-4-18(20)14-22;;/h1-10,13-14H,11-12,19-20H2;2*1H/q+2;;/p-2. The first kappa shape index (κ1) is 19.7. The van der Waals surface area contributed by atoms with Crippen molar-refractivity contribution in [3.8, 4) is 0 Å². The Bertz CT molecular complexity index is 709. The summed E-state index contributed by atoms with van der Waals surface area (Å²) in [6.07, 6.45) is 7.92. The molecule has 126 valence electrons. The molecule has 1 aromatic carbocycles. The number of halogens is 2. The summed E-state index contributed by atoms with van der Waals surface area (Å²) in [6.45, 7) is 1.63. The summed E-state index contributed by atoms with van der Waals surface area (Å²) in [6, 6.07) is 16.3. The second kappa shape index (κ2) is 9.11. The highest BCUT2D eigenvalue weighted by atomic mass is 35.5. The zero-order chi connectivity index (χ0) is 15.4. The Labute approximate surface area is 154 Å². The maximum absolute atomic E-state index is 5.80. The lowest BCUT2D eigenvalue weighted by Gasteiger charge is -2.01. The molecule has 24 heavy (non-hydrogen) atoms. The number of hydrogen-bond donors (Lipinski definition) is 2. The second-order valence-corrected chi connectivity index (χ2v) is 5.44. The van der Waals surface area contributed by atoms with Crippen LogP contribution in [0.15, 0.2) is 73.3 Å². The third kappa shape index (κ3) is 5.41. The van der Waals surface area contributed by atoms with E-state index in [4.69, 9.17) is 11.5 Å². The number of anilines is 2. The molecule has 0 aliphatic carbocycles. The molecule has 0 bridgehead atoms. The van der Waals surface area contributed by atoms with Gasteiger partial charge in [0.25, 0.3) is 0 Å². The highest BCUT2D eigenvalue weighted by molar-refractivity contribution is 5.31. The predicted molar refractivity (Wildman–Crippen MR) is 86.7 cm³/mol. The number of benzene rings is 1. The first-order valence-electron chi connectivity index (χ1n) is 7.26. The molecule has 0 aliphatic heterocycles. The van der Waals surface area contributed by atoms with Crippen LogP contribution in [-0.4, -0.2) is 0 Å². The van der Waals surface area contributed by atoms with Crippen LogP contribution in [-0.2, 0) is 13.1 Å². The van der Waals surface area contributed by atoms with Crippen LogP contribution >= 0.6 is 0 Å². The van der Waals surface area contributed by atoms with Crippen molar-refractivity contribution >= 4 is 11.4 Å². The number of hydrogen-bond acceptors (Lipinski definition) is 2. The number of aromatic nitrogens is 2. The fourth-order valence-corrected chi connectivity index (χ4v) is 2.45. The van der Waals surface area contributed by atoms with E-state index < -0.39 is 0 Å². The van der Waals surface area contributed by atoms with Crippen LogP contribution in [0.4, 0.5) is 11.4 Å². The first-order valence-corrected chi connectivity index (χ1v) is 7.26. The van der Waals surface area contributed by atoms with Gasteiger partial charge in [-0.2, -0.15) is 9.13 Å². The number of nitrogens with two attached hydrogens (primary N) is 2. The topological polar surface area (TPSA) is 59.8 Å². The molecule has 0 spiro atoms. The minimum Gasteiger partial charge on any atom is -1.00 e. The monoisotopic (exact) mass is 362 g/mol. The van der Waals surface area contributed by atoms with Gasteiger partial charge in [0.1, 0.15) is 0 Å². The van der Waals surface area contributed by atoms with Gasteiger partial charge in [0, 0.05) is 23.3 Å². The summed E-state index contributed by atoms with van der Waals surface area (Å²) >= 11 is 0. The molecule has 4 N–H and O–H groups in total. The quantitative estimate of drug-likeness (QED) is 0.460. The predicted octanol–water partition coefficient (Wildman–Crippen LogP) is -4.47. The van der Waals surface area contributed by atoms with Crippen LogP contribution in [0.3, 0.4) is 0 Å². The molecule has 0 saturated heterocycles. The molecule has 2 aromatic heterocycles. The van der Waals surface area contributed by atoms with Gasteiger partial charge in [-0.1, -0.05) is 24.3 Å². The highest BCUT2D eigenvalue weighted by Gasteiger charge is 2.06. The van der Waals surface area contributed by atoms with Crippen LogP contribution in [0.2, 0.25) is 0 Å². The fraction of sp³-hybridized carbons (Fsp3) is 0.111. The smallest absolute Gasteiger partial charge is 0.192 e. The van der Waals surface area contributed by atoms with Gasteiger partial charge >= 0.3 is 0 Å². The minimum absolute atomic E-state index is 0. The Kier molecular flexibility index (Phi) is 7.49. The molecule has 0 amide bonds. The molecule has 0 unspecified atom stereocenters. The minimum atomic E-state index is 0. The summed E-state index contributed by atoms with van der Waals surface area (Å²) in [5.74, 6) is 0. The van der Waals surface area contributed by atoms with Gasteiger partial charge in [-0.25, -0.2) is 0 Å². The third-order valence-corrected chi connectivity index (χ3v) is 3.52. The average Bonchev–Trinajstić information content (AvgIpc) is 2.49. The van der Waals surface area contributed by atoms with Gasteiger partial charge in [-0.05, 0) is 12.1 Å². The van der Waals surface area contributed by atoms with Gasteiger partial charge in [0.05, 0.1) is 11.4 Å². The summed E-state index contributed by atoms with van der Waals surface area (Å²) < 4.78 is 4.16. The molecule has 3 aromatic rings. The van der Waals surface area contributed by atoms with Gasteiger partial charge in [-0.3, -0.25) is 0 Å². The Hall–Kier alpha value is -2.30. The molecule has 2 heterocycles. The Morgan fingerprint density at radius 2 is 1.00 bits per heavy atom. The Morgan fingerprint density at radius 3 is 1.33 bits per heavy atom. The van der Waals surface area contributed by atoms with Gasteiger partial charge < -0.3 is 36.3 Å². The van der Waals surface area contributed by atoms with Gasteiger partial charge in [0.15, 0.2) is 37.9 Å². The van der Waals surface area contributed by atoms with Crippen LogP contribution in [0.5, 0.6) is 0 Å². The maximum Gasteiger partial charge on any atom is 0.192 e. The summed E-state index contributed by atoms with van der Waals surface area (Å²) in [5, 5.41) is 0. The molecular formula is C18H20Cl2N4. The maximum atomic E-state index is 5.80. The van der Waals surface area contributed by atoms with Crippen molar-refractivity contribution in [3.63, 3.8) is 0 Å². The fourth-order valence-electron chi connectivity index (χ4n) is 2.45. The molecule has 0 atom stereocenters. The summed E-state index contributed by atoms with van der Waals surface area (Å²) in [5.41, 5.74) is 15.6. The molecule has 0 saturated carbocycles. The molecule has 6 heteroatoms. The SMILES string of the molecule is Nc1ccc[n+](Cc2ccc(C[n+]3cccc(N)c3)cc2)c1.[Cl-].[Cl-]. The lowest BCUT2D eigenvalue weighted by Crippen LogP contribution is -3.00. The number of pyridine rings is 2. The van der Waals surface area contributed by atoms with Crippen molar-refractivity contribution in [2.75, 3.05) is 11.5 Å². The summed E-state index contributed by atoms with van der Waals surface area (Å²) in [4.78, 5) is 0. The van der Waals surface area contributed by atoms with E-state index in [1.807, 2.05) is 49.1 Å². The molecule has 4 nitrogen and oxygen atoms in total. The zero-order valence-electron chi connectivity index (χ0n) is 13.1. The van der Waals surface area contributed by atoms with Crippen molar-refractivity contribution in [2.45, 2.75) is 13.1 Å². The van der Waals surface area contributed by atoms with Crippen LogP contribution in [0.1, 0.15) is 11.1 Å². The van der Waals surface area contributed by atoms with Crippen molar-refractivity contribution in [2.24, 2.45) is 0 Å². The van der Waals surface area contributed by atoms with E-state index in [9.17, 15) is 0 Å². The van der Waals surface area contributed by atoms with Crippen molar-refractivity contribution in [1.29, 1.82) is 0 Å². The third-order valence-electron chi connectivity index (χ3n) is 3.52. The molecule has 0 fully saturated rings. The van der Waals surface area contributed by atoms with Crippen molar-refractivity contribution in [1.82, 2.24) is 0 Å². The largest absolute Gasteiger partial charge is 1.00 e. The lowest BCUT2D eigenvalue weighted by atomic mass is 10.1. The van der Waals surface area contributed by atoms with Gasteiger partial charge in [-0.15, -0.1) is 0 Å². The van der Waals surface area contributed by atoms with E-state index >= 15 is 0 Å². The zero-order valence-corrected chi connectivity index (χ0v) is 14.7. The number of nitrogens with zero attached hydrogens (tertiary/aromatic N) is 2. The van der Waals surface area contributed by atoms with Crippen LogP contribution < -0.4 is 45.4 Å². The van der Waals surface area contributed by atoms with E-state index in [1.165, 1.54) is 11.1 Å². The van der Waals surface area contributed by atoms with E-state index in [-0.39, 0.29) is 24.8 Å². The normalized spacial score (nSPS) is 9.67. The average molecular weight is 363 g/mol. The van der Waals surface area contributed by atoms with E-state index in [0.717, 1.165) is 24.5 Å². The van der Waals surface area contributed by atoms with E-state index in [2.05, 4.69) is 33.4 Å². The molecule has 3 rings (SSSR count). The number of rotatable bonds is 4. The Balaban J connectivity index is 0.00000144. The Morgan fingerprint density at radius 1 is 0.625 bits per heavy atom. The van der Waals surface area contributed by atoms with Crippen LogP contribution in [0, 0.1) is 0 Å². The number of nitrogen functional groups attached to an aromatic ring is 2. The summed E-state index contributed by atoms with van der Waals surface area (Å²) in [7, 11) is 0. The molecule has 0 aliphatic rings. The van der Waals surface area contributed by atoms with Crippen molar-refractivity contribution < 1.29 is 33.9 Å². The van der Waals surface area contributed by atoms with Gasteiger partial charge in [0.2, 0.25) is 0 Å². The van der Waals surface area contributed by atoms with Crippen LogP contribution in [0.25, 0.3) is 0 Å². The highest BCUT2D eigenvalue weighted by Crippen LogP contribution is 2.05.